The van der Waals surface area contributed by atoms with Crippen LogP contribution in [0.3, 0.4) is 0 Å². The van der Waals surface area contributed by atoms with Gasteiger partial charge in [0.15, 0.2) is 0 Å². The van der Waals surface area contributed by atoms with Crippen LogP contribution in [0.4, 0.5) is 5.69 Å². The first-order chi connectivity index (χ1) is 12.4. The SMILES string of the molecule is CC1c2c(N)c(Cl)cc(C(=O)NCCC34CCCN3CCC4)c2O[C@@H]1C. The van der Waals surface area contributed by atoms with Gasteiger partial charge in [0.25, 0.3) is 5.91 Å². The minimum Gasteiger partial charge on any atom is -0.489 e. The summed E-state index contributed by atoms with van der Waals surface area (Å²) in [6.07, 6.45) is 6.06. The fourth-order valence-corrected chi connectivity index (χ4v) is 5.28. The molecule has 4 rings (SSSR count). The number of nitrogen functional groups attached to an aromatic ring is 1. The Morgan fingerprint density at radius 2 is 2.08 bits per heavy atom. The van der Waals surface area contributed by atoms with Crippen LogP contribution in [0.25, 0.3) is 0 Å². The van der Waals surface area contributed by atoms with E-state index in [1.165, 1.54) is 38.8 Å². The molecule has 3 aliphatic rings. The van der Waals surface area contributed by atoms with E-state index in [2.05, 4.69) is 17.1 Å². The lowest BCUT2D eigenvalue weighted by molar-refractivity contribution is 0.0938. The van der Waals surface area contributed by atoms with Crippen LogP contribution < -0.4 is 15.8 Å². The van der Waals surface area contributed by atoms with Crippen molar-refractivity contribution >= 4 is 23.2 Å². The van der Waals surface area contributed by atoms with Crippen molar-refractivity contribution in [2.75, 3.05) is 25.4 Å². The van der Waals surface area contributed by atoms with Gasteiger partial charge in [-0.3, -0.25) is 9.69 Å². The Bertz CT molecular complexity index is 726. The molecule has 0 aromatic heterocycles. The molecule has 0 saturated carbocycles. The van der Waals surface area contributed by atoms with E-state index in [-0.39, 0.29) is 17.9 Å². The predicted octanol–water partition coefficient (Wildman–Crippen LogP) is 3.55. The molecule has 0 spiro atoms. The van der Waals surface area contributed by atoms with Gasteiger partial charge in [0.2, 0.25) is 0 Å². The van der Waals surface area contributed by atoms with E-state index >= 15 is 0 Å². The highest BCUT2D eigenvalue weighted by Crippen LogP contribution is 2.46. The zero-order chi connectivity index (χ0) is 18.5. The van der Waals surface area contributed by atoms with Gasteiger partial charge >= 0.3 is 0 Å². The molecule has 5 nitrogen and oxygen atoms in total. The Balaban J connectivity index is 1.48. The Morgan fingerprint density at radius 1 is 1.38 bits per heavy atom. The summed E-state index contributed by atoms with van der Waals surface area (Å²) < 4.78 is 5.95. The quantitative estimate of drug-likeness (QED) is 0.787. The summed E-state index contributed by atoms with van der Waals surface area (Å²) in [7, 11) is 0. The highest BCUT2D eigenvalue weighted by molar-refractivity contribution is 6.34. The highest BCUT2D eigenvalue weighted by atomic mass is 35.5. The number of ether oxygens (including phenoxy) is 1. The molecule has 0 aliphatic carbocycles. The predicted molar refractivity (Wildman–Crippen MR) is 104 cm³/mol. The Kier molecular flexibility index (Phi) is 4.56. The maximum absolute atomic E-state index is 12.8. The maximum Gasteiger partial charge on any atom is 0.255 e. The van der Waals surface area contributed by atoms with E-state index in [0.29, 0.717) is 34.1 Å². The number of hydrogen-bond donors (Lipinski definition) is 2. The van der Waals surface area contributed by atoms with Gasteiger partial charge in [-0.15, -0.1) is 0 Å². The van der Waals surface area contributed by atoms with Crippen molar-refractivity contribution in [3.8, 4) is 5.75 Å². The van der Waals surface area contributed by atoms with E-state index in [9.17, 15) is 4.79 Å². The molecule has 2 atom stereocenters. The Labute approximate surface area is 160 Å². The van der Waals surface area contributed by atoms with Crippen molar-refractivity contribution < 1.29 is 9.53 Å². The molecule has 3 aliphatic heterocycles. The van der Waals surface area contributed by atoms with E-state index in [1.54, 1.807) is 6.07 Å². The molecule has 3 heterocycles. The van der Waals surface area contributed by atoms with Gasteiger partial charge in [0.1, 0.15) is 11.9 Å². The number of anilines is 1. The van der Waals surface area contributed by atoms with E-state index in [4.69, 9.17) is 22.1 Å². The first kappa shape index (κ1) is 17.9. The molecule has 1 aromatic rings. The summed E-state index contributed by atoms with van der Waals surface area (Å²) in [6.45, 7) is 7.14. The first-order valence-corrected chi connectivity index (χ1v) is 10.1. The van der Waals surface area contributed by atoms with Crippen LogP contribution in [-0.2, 0) is 0 Å². The molecule has 1 aromatic carbocycles. The van der Waals surface area contributed by atoms with E-state index in [1.807, 2.05) is 6.92 Å². The zero-order valence-corrected chi connectivity index (χ0v) is 16.4. The second-order valence-corrected chi connectivity index (χ2v) is 8.51. The lowest BCUT2D eigenvalue weighted by Crippen LogP contribution is -2.41. The summed E-state index contributed by atoms with van der Waals surface area (Å²) in [6, 6.07) is 1.64. The van der Waals surface area contributed by atoms with Crippen LogP contribution in [0.2, 0.25) is 5.02 Å². The van der Waals surface area contributed by atoms with Crippen molar-refractivity contribution in [3.63, 3.8) is 0 Å². The molecule has 0 bridgehead atoms. The number of nitrogens with zero attached hydrogens (tertiary/aromatic N) is 1. The van der Waals surface area contributed by atoms with E-state index in [0.717, 1.165) is 12.0 Å². The third-order valence-electron chi connectivity index (χ3n) is 6.70. The number of carbonyl (C=O) groups excluding carboxylic acids is 1. The Hall–Kier alpha value is -1.46. The van der Waals surface area contributed by atoms with Gasteiger partial charge in [0, 0.05) is 23.6 Å². The first-order valence-electron chi connectivity index (χ1n) is 9.75. The molecule has 2 saturated heterocycles. The number of nitrogens with one attached hydrogen (secondary N) is 1. The molecule has 1 unspecified atom stereocenters. The lowest BCUT2D eigenvalue weighted by Gasteiger charge is -2.32. The number of nitrogens with two attached hydrogens (primary N) is 1. The second kappa shape index (κ2) is 6.61. The fraction of sp³-hybridized carbons (Fsp3) is 0.650. The Morgan fingerprint density at radius 3 is 2.77 bits per heavy atom. The van der Waals surface area contributed by atoms with Gasteiger partial charge in [-0.2, -0.15) is 0 Å². The van der Waals surface area contributed by atoms with Gasteiger partial charge in [-0.25, -0.2) is 0 Å². The second-order valence-electron chi connectivity index (χ2n) is 8.10. The molecular weight excluding hydrogens is 350 g/mol. The molecule has 142 valence electrons. The summed E-state index contributed by atoms with van der Waals surface area (Å²) in [5, 5.41) is 3.52. The van der Waals surface area contributed by atoms with Gasteiger partial charge in [0.05, 0.1) is 16.3 Å². The van der Waals surface area contributed by atoms with Crippen LogP contribution in [-0.4, -0.2) is 42.1 Å². The fourth-order valence-electron chi connectivity index (χ4n) is 5.07. The summed E-state index contributed by atoms with van der Waals surface area (Å²) >= 11 is 6.30. The van der Waals surface area contributed by atoms with Gasteiger partial charge in [-0.05, 0) is 58.2 Å². The number of hydrogen-bond acceptors (Lipinski definition) is 4. The van der Waals surface area contributed by atoms with Gasteiger partial charge < -0.3 is 15.8 Å². The summed E-state index contributed by atoms with van der Waals surface area (Å²) in [5.41, 5.74) is 8.36. The summed E-state index contributed by atoms with van der Waals surface area (Å²) in [5.74, 6) is 0.606. The number of carbonyl (C=O) groups is 1. The molecule has 1 amide bonds. The number of halogens is 1. The van der Waals surface area contributed by atoms with Crippen molar-refractivity contribution in [3.05, 3.63) is 22.2 Å². The third kappa shape index (κ3) is 2.76. The molecule has 0 radical (unpaired) electrons. The molecule has 6 heteroatoms. The van der Waals surface area contributed by atoms with Crippen LogP contribution >= 0.6 is 11.6 Å². The van der Waals surface area contributed by atoms with Crippen molar-refractivity contribution in [2.45, 2.75) is 63.5 Å². The largest absolute Gasteiger partial charge is 0.489 e. The molecule has 2 fully saturated rings. The van der Waals surface area contributed by atoms with Crippen LogP contribution in [0.5, 0.6) is 5.75 Å². The van der Waals surface area contributed by atoms with Crippen molar-refractivity contribution in [1.29, 1.82) is 0 Å². The minimum atomic E-state index is -0.122. The minimum absolute atomic E-state index is 0.0123. The van der Waals surface area contributed by atoms with E-state index < -0.39 is 0 Å². The topological polar surface area (TPSA) is 67.6 Å². The molecule has 3 N–H and O–H groups in total. The average molecular weight is 378 g/mol. The number of fused-ring (bicyclic) bond motifs is 2. The zero-order valence-electron chi connectivity index (χ0n) is 15.6. The maximum atomic E-state index is 12.8. The smallest absolute Gasteiger partial charge is 0.255 e. The van der Waals surface area contributed by atoms with Crippen LogP contribution in [0, 0.1) is 0 Å². The normalized spacial score (nSPS) is 26.4. The van der Waals surface area contributed by atoms with Crippen molar-refractivity contribution in [2.24, 2.45) is 0 Å². The van der Waals surface area contributed by atoms with Gasteiger partial charge in [-0.1, -0.05) is 18.5 Å². The number of amides is 1. The highest BCUT2D eigenvalue weighted by Gasteiger charge is 2.43. The standard InChI is InChI=1S/C20H28ClN3O2/c1-12-13(2)26-18-14(11-15(21)17(22)16(12)18)19(25)23-8-7-20-5-3-9-24(20)10-4-6-20/h11-13H,3-10,22H2,1-2H3,(H,23,25)/t12?,13-/m1/s1. The summed E-state index contributed by atoms with van der Waals surface area (Å²) in [4.78, 5) is 15.5. The van der Waals surface area contributed by atoms with Crippen LogP contribution in [0.15, 0.2) is 6.07 Å². The van der Waals surface area contributed by atoms with Crippen LogP contribution in [0.1, 0.15) is 67.8 Å². The monoisotopic (exact) mass is 377 g/mol. The molecule has 26 heavy (non-hydrogen) atoms. The third-order valence-corrected chi connectivity index (χ3v) is 7.02. The molecular formula is C20H28ClN3O2. The number of rotatable bonds is 4. The lowest BCUT2D eigenvalue weighted by atomic mass is 9.90. The average Bonchev–Trinajstić information content (AvgIpc) is 3.24. The van der Waals surface area contributed by atoms with Crippen molar-refractivity contribution in [1.82, 2.24) is 10.2 Å². The number of benzene rings is 1.